The highest BCUT2D eigenvalue weighted by molar-refractivity contribution is 5.93. The van der Waals surface area contributed by atoms with E-state index >= 15 is 0 Å². The molecular formula is C14H17N5O5. The van der Waals surface area contributed by atoms with Crippen LogP contribution in [0.5, 0.6) is 0 Å². The van der Waals surface area contributed by atoms with E-state index in [1.54, 1.807) is 20.8 Å². The number of amides is 2. The van der Waals surface area contributed by atoms with Gasteiger partial charge < -0.3 is 9.47 Å². The van der Waals surface area contributed by atoms with Crippen LogP contribution in [0.4, 0.5) is 4.79 Å². The highest BCUT2D eigenvalue weighted by Crippen LogP contribution is 2.14. The fourth-order valence-electron chi connectivity index (χ4n) is 2.07. The van der Waals surface area contributed by atoms with Gasteiger partial charge in [-0.1, -0.05) is 0 Å². The molecule has 0 aliphatic heterocycles. The predicted molar refractivity (Wildman–Crippen MR) is 80.1 cm³/mol. The van der Waals surface area contributed by atoms with Crippen LogP contribution in [-0.4, -0.2) is 50.8 Å². The average Bonchev–Trinajstić information content (AvgIpc) is 2.98. The zero-order valence-electron chi connectivity index (χ0n) is 13.5. The Hall–Kier alpha value is -3.04. The van der Waals surface area contributed by atoms with Crippen LogP contribution in [0.3, 0.4) is 0 Å². The molecule has 0 aromatic carbocycles. The lowest BCUT2D eigenvalue weighted by molar-refractivity contribution is -0.147. The summed E-state index contributed by atoms with van der Waals surface area (Å²) in [4.78, 5) is 42.6. The fourth-order valence-corrected chi connectivity index (χ4v) is 2.07. The molecule has 0 unspecified atom stereocenters. The normalized spacial score (nSPS) is 10.5. The first-order valence-corrected chi connectivity index (χ1v) is 7.20. The van der Waals surface area contributed by atoms with Crippen molar-refractivity contribution in [3.8, 4) is 0 Å². The third-order valence-corrected chi connectivity index (χ3v) is 3.19. The Morgan fingerprint density at radius 2 is 2.00 bits per heavy atom. The minimum atomic E-state index is -0.883. The predicted octanol–water partition coefficient (Wildman–Crippen LogP) is 0.0995. The molecule has 2 amide bonds. The number of hydrogen-bond acceptors (Lipinski definition) is 8. The highest BCUT2D eigenvalue weighted by Gasteiger charge is 2.17. The minimum Gasteiger partial charge on any atom is -0.455 e. The number of hydrogen-bond donors (Lipinski definition) is 1. The molecule has 0 aliphatic carbocycles. The zero-order chi connectivity index (χ0) is 17.7. The van der Waals surface area contributed by atoms with Gasteiger partial charge in [0.1, 0.15) is 6.33 Å². The van der Waals surface area contributed by atoms with Crippen molar-refractivity contribution in [1.29, 1.82) is 0 Å². The maximum absolute atomic E-state index is 11.9. The van der Waals surface area contributed by atoms with Crippen LogP contribution in [-0.2, 0) is 25.5 Å². The van der Waals surface area contributed by atoms with E-state index in [-0.39, 0.29) is 13.0 Å². The van der Waals surface area contributed by atoms with Gasteiger partial charge in [0.25, 0.3) is 11.7 Å². The summed E-state index contributed by atoms with van der Waals surface area (Å²) in [6.07, 6.45) is 0.412. The number of carbonyl (C=O) groups excluding carboxylic acids is 3. The summed E-state index contributed by atoms with van der Waals surface area (Å²) in [5, 5.41) is 5.96. The standard InChI is InChI=1S/C14H17N5O5/c1-4-23-14(22)18-11(20)6-24-12(21)5-10-8(2)17-13-15-7-16-19(13)9(10)3/h7H,4-6H2,1-3H3,(H,18,20,22). The first kappa shape index (κ1) is 17.3. The minimum absolute atomic E-state index is 0.0762. The Morgan fingerprint density at radius 1 is 1.25 bits per heavy atom. The maximum atomic E-state index is 11.9. The molecular weight excluding hydrogens is 318 g/mol. The van der Waals surface area contributed by atoms with E-state index in [4.69, 9.17) is 4.74 Å². The van der Waals surface area contributed by atoms with Crippen LogP contribution in [0.1, 0.15) is 23.9 Å². The zero-order valence-corrected chi connectivity index (χ0v) is 13.5. The molecule has 0 fully saturated rings. The fraction of sp³-hybridized carbons (Fsp3) is 0.429. The third kappa shape index (κ3) is 4.03. The maximum Gasteiger partial charge on any atom is 0.413 e. The van der Waals surface area contributed by atoms with E-state index in [2.05, 4.69) is 19.8 Å². The number of imide groups is 1. The molecule has 2 aromatic rings. The van der Waals surface area contributed by atoms with E-state index in [0.717, 1.165) is 0 Å². The largest absolute Gasteiger partial charge is 0.455 e. The molecule has 0 saturated heterocycles. The molecule has 2 aromatic heterocycles. The van der Waals surface area contributed by atoms with Crippen LogP contribution in [0, 0.1) is 13.8 Å². The second-order valence-electron chi connectivity index (χ2n) is 4.84. The van der Waals surface area contributed by atoms with Gasteiger partial charge in [-0.2, -0.15) is 10.1 Å². The lowest BCUT2D eigenvalue weighted by Crippen LogP contribution is -2.34. The number of aryl methyl sites for hydroxylation is 2. The van der Waals surface area contributed by atoms with Crippen molar-refractivity contribution in [2.24, 2.45) is 0 Å². The lowest BCUT2D eigenvalue weighted by atomic mass is 10.1. The summed E-state index contributed by atoms with van der Waals surface area (Å²) in [5.74, 6) is -0.947. The molecule has 128 valence electrons. The van der Waals surface area contributed by atoms with Crippen molar-refractivity contribution in [2.45, 2.75) is 27.2 Å². The van der Waals surface area contributed by atoms with Crippen LogP contribution in [0.2, 0.25) is 0 Å². The smallest absolute Gasteiger partial charge is 0.413 e. The molecule has 1 N–H and O–H groups in total. The molecule has 0 atom stereocenters. The van der Waals surface area contributed by atoms with Gasteiger partial charge in [0.15, 0.2) is 6.61 Å². The van der Waals surface area contributed by atoms with Crippen LogP contribution in [0.25, 0.3) is 5.78 Å². The molecule has 0 spiro atoms. The molecule has 0 radical (unpaired) electrons. The molecule has 0 saturated carbocycles. The number of fused-ring (bicyclic) bond motifs is 1. The van der Waals surface area contributed by atoms with E-state index in [9.17, 15) is 14.4 Å². The monoisotopic (exact) mass is 335 g/mol. The SMILES string of the molecule is CCOC(=O)NC(=O)COC(=O)Cc1c(C)nc2ncnn2c1C. The van der Waals surface area contributed by atoms with Crippen LogP contribution in [0.15, 0.2) is 6.33 Å². The second kappa shape index (κ2) is 7.49. The van der Waals surface area contributed by atoms with E-state index < -0.39 is 24.6 Å². The van der Waals surface area contributed by atoms with Crippen molar-refractivity contribution >= 4 is 23.7 Å². The summed E-state index contributed by atoms with van der Waals surface area (Å²) in [7, 11) is 0. The number of esters is 1. The van der Waals surface area contributed by atoms with Crippen molar-refractivity contribution in [2.75, 3.05) is 13.2 Å². The molecule has 0 bridgehead atoms. The van der Waals surface area contributed by atoms with Gasteiger partial charge in [0, 0.05) is 17.0 Å². The first-order valence-electron chi connectivity index (χ1n) is 7.20. The Kier molecular flexibility index (Phi) is 5.40. The Bertz CT molecular complexity index is 785. The van der Waals surface area contributed by atoms with E-state index in [0.29, 0.717) is 22.7 Å². The molecule has 10 heteroatoms. The number of nitrogens with zero attached hydrogens (tertiary/aromatic N) is 4. The Balaban J connectivity index is 1.95. The number of ether oxygens (including phenoxy) is 2. The van der Waals surface area contributed by atoms with Gasteiger partial charge in [0.05, 0.1) is 13.0 Å². The average molecular weight is 335 g/mol. The van der Waals surface area contributed by atoms with Gasteiger partial charge in [-0.05, 0) is 20.8 Å². The molecule has 24 heavy (non-hydrogen) atoms. The van der Waals surface area contributed by atoms with Gasteiger partial charge in [-0.15, -0.1) is 0 Å². The van der Waals surface area contributed by atoms with Crippen molar-refractivity contribution in [1.82, 2.24) is 24.9 Å². The van der Waals surface area contributed by atoms with Crippen molar-refractivity contribution < 1.29 is 23.9 Å². The quantitative estimate of drug-likeness (QED) is 0.763. The summed E-state index contributed by atoms with van der Waals surface area (Å²) >= 11 is 0. The van der Waals surface area contributed by atoms with Gasteiger partial charge in [0.2, 0.25) is 0 Å². The van der Waals surface area contributed by atoms with Crippen molar-refractivity contribution in [3.05, 3.63) is 23.3 Å². The highest BCUT2D eigenvalue weighted by atomic mass is 16.6. The van der Waals surface area contributed by atoms with Gasteiger partial charge in [-0.3, -0.25) is 14.9 Å². The van der Waals surface area contributed by atoms with Crippen LogP contribution < -0.4 is 5.32 Å². The summed E-state index contributed by atoms with van der Waals surface area (Å²) in [5.41, 5.74) is 1.98. The Labute approximate surface area is 137 Å². The first-order chi connectivity index (χ1) is 11.4. The van der Waals surface area contributed by atoms with Gasteiger partial charge in [-0.25, -0.2) is 14.3 Å². The van der Waals surface area contributed by atoms with E-state index in [1.165, 1.54) is 10.8 Å². The number of aromatic nitrogens is 4. The summed E-state index contributed by atoms with van der Waals surface area (Å²) in [6, 6.07) is 0. The molecule has 0 aliphatic rings. The van der Waals surface area contributed by atoms with E-state index in [1.807, 2.05) is 5.32 Å². The number of carbonyl (C=O) groups is 3. The lowest BCUT2D eigenvalue weighted by Gasteiger charge is -2.10. The number of alkyl carbamates (subject to hydrolysis) is 1. The van der Waals surface area contributed by atoms with Gasteiger partial charge >= 0.3 is 12.1 Å². The molecule has 2 heterocycles. The molecule has 2 rings (SSSR count). The topological polar surface area (TPSA) is 125 Å². The molecule has 10 nitrogen and oxygen atoms in total. The Morgan fingerprint density at radius 3 is 2.71 bits per heavy atom. The number of nitrogens with one attached hydrogen (secondary N) is 1. The number of rotatable bonds is 5. The third-order valence-electron chi connectivity index (χ3n) is 3.19. The summed E-state index contributed by atoms with van der Waals surface area (Å²) < 4.78 is 10.9. The summed E-state index contributed by atoms with van der Waals surface area (Å²) in [6.45, 7) is 4.70. The second-order valence-corrected chi connectivity index (χ2v) is 4.84. The van der Waals surface area contributed by atoms with Crippen LogP contribution >= 0.6 is 0 Å². The van der Waals surface area contributed by atoms with Crippen molar-refractivity contribution in [3.63, 3.8) is 0 Å².